The average molecular weight is 382 g/mol. The van der Waals surface area contributed by atoms with E-state index >= 15 is 0 Å². The molecule has 1 fully saturated rings. The van der Waals surface area contributed by atoms with Crippen molar-refractivity contribution in [2.45, 2.75) is 12.8 Å². The number of amides is 2. The van der Waals surface area contributed by atoms with Crippen molar-refractivity contribution in [3.63, 3.8) is 0 Å². The number of hydrogen-bond acceptors (Lipinski definition) is 6. The van der Waals surface area contributed by atoms with Gasteiger partial charge in [-0.3, -0.25) is 9.59 Å². The first-order valence-electron chi connectivity index (χ1n) is 8.87. The molecule has 8 heteroatoms. The van der Waals surface area contributed by atoms with E-state index in [1.807, 2.05) is 0 Å². The van der Waals surface area contributed by atoms with Crippen LogP contribution in [0.25, 0.3) is 0 Å². The van der Waals surface area contributed by atoms with Crippen LogP contribution in [0, 0.1) is 0 Å². The molecule has 8 nitrogen and oxygen atoms in total. The van der Waals surface area contributed by atoms with Crippen LogP contribution < -0.4 is 19.7 Å². The summed E-state index contributed by atoms with van der Waals surface area (Å²) in [7, 11) is 0. The normalized spacial score (nSPS) is 14.9. The van der Waals surface area contributed by atoms with Crippen molar-refractivity contribution in [2.75, 3.05) is 30.2 Å². The number of ether oxygens (including phenoxy) is 3. The number of esters is 1. The Morgan fingerprint density at radius 3 is 2.61 bits per heavy atom. The quantitative estimate of drug-likeness (QED) is 0.798. The number of hydrogen-bond donors (Lipinski definition) is 1. The Labute approximate surface area is 161 Å². The van der Waals surface area contributed by atoms with E-state index in [9.17, 15) is 14.4 Å². The largest absolute Gasteiger partial charge is 0.454 e. The first-order valence-corrected chi connectivity index (χ1v) is 8.87. The number of carbonyl (C=O) groups excluding carboxylic acids is 3. The molecule has 2 aromatic rings. The molecular formula is C20H18N2O6. The van der Waals surface area contributed by atoms with Gasteiger partial charge in [-0.1, -0.05) is 0 Å². The van der Waals surface area contributed by atoms with Gasteiger partial charge in [0.2, 0.25) is 12.7 Å². The number of nitrogens with zero attached hydrogens (tertiary/aromatic N) is 1. The van der Waals surface area contributed by atoms with Gasteiger partial charge in [-0.2, -0.15) is 0 Å². The lowest BCUT2D eigenvalue weighted by Crippen LogP contribution is -2.23. The molecule has 1 N–H and O–H groups in total. The minimum atomic E-state index is -0.611. The zero-order chi connectivity index (χ0) is 19.5. The van der Waals surface area contributed by atoms with Crippen molar-refractivity contribution < 1.29 is 28.6 Å². The number of rotatable bonds is 5. The Balaban J connectivity index is 1.30. The van der Waals surface area contributed by atoms with Gasteiger partial charge < -0.3 is 24.4 Å². The minimum Gasteiger partial charge on any atom is -0.454 e. The molecule has 4 rings (SSSR count). The van der Waals surface area contributed by atoms with Crippen molar-refractivity contribution in [3.05, 3.63) is 48.0 Å². The predicted molar refractivity (Wildman–Crippen MR) is 99.5 cm³/mol. The molecule has 1 saturated heterocycles. The summed E-state index contributed by atoms with van der Waals surface area (Å²) in [5.41, 5.74) is 1.58. The zero-order valence-electron chi connectivity index (χ0n) is 15.0. The number of benzene rings is 2. The van der Waals surface area contributed by atoms with Gasteiger partial charge in [0, 0.05) is 30.4 Å². The fourth-order valence-corrected chi connectivity index (χ4v) is 3.08. The molecule has 0 saturated carbocycles. The lowest BCUT2D eigenvalue weighted by molar-refractivity contribution is -0.119. The maximum absolute atomic E-state index is 12.1. The van der Waals surface area contributed by atoms with Gasteiger partial charge in [0.15, 0.2) is 18.1 Å². The zero-order valence-corrected chi connectivity index (χ0v) is 15.0. The van der Waals surface area contributed by atoms with E-state index in [1.54, 1.807) is 47.4 Å². The van der Waals surface area contributed by atoms with Crippen molar-refractivity contribution >= 4 is 29.2 Å². The van der Waals surface area contributed by atoms with Gasteiger partial charge in [-0.05, 0) is 42.8 Å². The molecule has 2 amide bonds. The second-order valence-electron chi connectivity index (χ2n) is 6.39. The molecule has 0 aliphatic carbocycles. The van der Waals surface area contributed by atoms with Crippen LogP contribution in [-0.4, -0.2) is 37.7 Å². The summed E-state index contributed by atoms with van der Waals surface area (Å²) in [6.45, 7) is 0.414. The first-order chi connectivity index (χ1) is 13.6. The van der Waals surface area contributed by atoms with Gasteiger partial charge >= 0.3 is 5.97 Å². The number of nitrogens with one attached hydrogen (secondary N) is 1. The van der Waals surface area contributed by atoms with Gasteiger partial charge in [-0.25, -0.2) is 4.79 Å². The van der Waals surface area contributed by atoms with Gasteiger partial charge in [0.1, 0.15) is 0 Å². The molecule has 2 aliphatic rings. The topological polar surface area (TPSA) is 94.2 Å². The van der Waals surface area contributed by atoms with Crippen LogP contribution in [0.15, 0.2) is 42.5 Å². The maximum atomic E-state index is 12.1. The van der Waals surface area contributed by atoms with Crippen LogP contribution in [0.1, 0.15) is 23.2 Å². The predicted octanol–water partition coefficient (Wildman–Crippen LogP) is 2.34. The molecule has 2 heterocycles. The maximum Gasteiger partial charge on any atom is 0.338 e. The van der Waals surface area contributed by atoms with Crippen LogP contribution >= 0.6 is 0 Å². The molecular weight excluding hydrogens is 364 g/mol. The summed E-state index contributed by atoms with van der Waals surface area (Å²) in [4.78, 5) is 37.6. The van der Waals surface area contributed by atoms with Crippen LogP contribution in [0.5, 0.6) is 11.5 Å². The molecule has 0 unspecified atom stereocenters. The molecule has 0 bridgehead atoms. The lowest BCUT2D eigenvalue weighted by Gasteiger charge is -2.15. The molecule has 0 aromatic heterocycles. The second kappa shape index (κ2) is 7.59. The van der Waals surface area contributed by atoms with E-state index in [1.165, 1.54) is 0 Å². The van der Waals surface area contributed by atoms with Gasteiger partial charge in [-0.15, -0.1) is 0 Å². The summed E-state index contributed by atoms with van der Waals surface area (Å²) in [5.74, 6) is 0.164. The molecule has 0 atom stereocenters. The van der Waals surface area contributed by atoms with E-state index < -0.39 is 18.5 Å². The Bertz CT molecular complexity index is 925. The lowest BCUT2D eigenvalue weighted by atomic mass is 10.2. The third-order valence-corrected chi connectivity index (χ3v) is 4.48. The number of fused-ring (bicyclic) bond motifs is 1. The standard InChI is InChI=1S/C20H18N2O6/c23-18(21-14-5-8-16-17(10-14)28-12-27-16)11-26-20(25)13-3-6-15(7-4-13)22-9-1-2-19(22)24/h3-8,10H,1-2,9,11-12H2,(H,21,23). The van der Waals surface area contributed by atoms with Crippen molar-refractivity contribution in [3.8, 4) is 11.5 Å². The summed E-state index contributed by atoms with van der Waals surface area (Å²) in [6.07, 6.45) is 1.38. The molecule has 0 spiro atoms. The summed E-state index contributed by atoms with van der Waals surface area (Å²) < 4.78 is 15.5. The van der Waals surface area contributed by atoms with Gasteiger partial charge in [0.25, 0.3) is 5.91 Å². The fourth-order valence-electron chi connectivity index (χ4n) is 3.08. The highest BCUT2D eigenvalue weighted by Crippen LogP contribution is 2.34. The van der Waals surface area contributed by atoms with Crippen LogP contribution in [-0.2, 0) is 14.3 Å². The Morgan fingerprint density at radius 1 is 1.07 bits per heavy atom. The smallest absolute Gasteiger partial charge is 0.338 e. The SMILES string of the molecule is O=C(COC(=O)c1ccc(N2CCCC2=O)cc1)Nc1ccc2c(c1)OCO2. The molecule has 144 valence electrons. The molecule has 28 heavy (non-hydrogen) atoms. The Morgan fingerprint density at radius 2 is 1.86 bits per heavy atom. The highest BCUT2D eigenvalue weighted by atomic mass is 16.7. The molecule has 2 aromatic carbocycles. The number of anilines is 2. The van der Waals surface area contributed by atoms with Gasteiger partial charge in [0.05, 0.1) is 5.56 Å². The Hall–Kier alpha value is -3.55. The van der Waals surface area contributed by atoms with Crippen LogP contribution in [0.4, 0.5) is 11.4 Å². The highest BCUT2D eigenvalue weighted by Gasteiger charge is 2.22. The second-order valence-corrected chi connectivity index (χ2v) is 6.39. The first kappa shape index (κ1) is 17.8. The minimum absolute atomic E-state index is 0.0792. The Kier molecular flexibility index (Phi) is 4.84. The monoisotopic (exact) mass is 382 g/mol. The highest BCUT2D eigenvalue weighted by molar-refractivity contribution is 5.97. The average Bonchev–Trinajstić information content (AvgIpc) is 3.34. The summed E-state index contributed by atoms with van der Waals surface area (Å²) in [5, 5.41) is 2.63. The van der Waals surface area contributed by atoms with Crippen LogP contribution in [0.3, 0.4) is 0 Å². The number of carbonyl (C=O) groups is 3. The summed E-state index contributed by atoms with van der Waals surface area (Å²) >= 11 is 0. The van der Waals surface area contributed by atoms with E-state index in [0.717, 1.165) is 12.1 Å². The van der Waals surface area contributed by atoms with E-state index in [2.05, 4.69) is 5.32 Å². The molecule has 0 radical (unpaired) electrons. The molecule has 2 aliphatic heterocycles. The fraction of sp³-hybridized carbons (Fsp3) is 0.250. The van der Waals surface area contributed by atoms with E-state index in [4.69, 9.17) is 14.2 Å². The van der Waals surface area contributed by atoms with Crippen molar-refractivity contribution in [1.82, 2.24) is 0 Å². The third kappa shape index (κ3) is 3.75. The van der Waals surface area contributed by atoms with E-state index in [-0.39, 0.29) is 12.7 Å². The van der Waals surface area contributed by atoms with Crippen LogP contribution in [0.2, 0.25) is 0 Å². The van der Waals surface area contributed by atoms with Crippen molar-refractivity contribution in [1.29, 1.82) is 0 Å². The van der Waals surface area contributed by atoms with E-state index in [0.29, 0.717) is 35.7 Å². The van der Waals surface area contributed by atoms with Crippen molar-refractivity contribution in [2.24, 2.45) is 0 Å². The third-order valence-electron chi connectivity index (χ3n) is 4.48. The summed E-state index contributed by atoms with van der Waals surface area (Å²) in [6, 6.07) is 11.6.